The van der Waals surface area contributed by atoms with Crippen LogP contribution >= 0.6 is 0 Å². The zero-order chi connectivity index (χ0) is 11.5. The van der Waals surface area contributed by atoms with Crippen molar-refractivity contribution in [3.8, 4) is 0 Å². The van der Waals surface area contributed by atoms with Gasteiger partial charge in [0.2, 0.25) is 5.91 Å². The second-order valence-electron chi connectivity index (χ2n) is 2.85. The minimum Gasteiger partial charge on any atom is -0.370 e. The Morgan fingerprint density at radius 1 is 1.47 bits per heavy atom. The highest BCUT2D eigenvalue weighted by Gasteiger charge is 2.31. The maximum Gasteiger partial charge on any atom is 0.433 e. The summed E-state index contributed by atoms with van der Waals surface area (Å²) >= 11 is 0. The molecule has 0 fully saturated rings. The smallest absolute Gasteiger partial charge is 0.370 e. The Balaban J connectivity index is 2.69. The highest BCUT2D eigenvalue weighted by molar-refractivity contribution is 5.75. The molecule has 6 heteroatoms. The molecule has 1 aromatic rings. The van der Waals surface area contributed by atoms with Crippen molar-refractivity contribution < 1.29 is 18.0 Å². The summed E-state index contributed by atoms with van der Waals surface area (Å²) in [5.41, 5.74) is 4.34. The van der Waals surface area contributed by atoms with Crippen LogP contribution in [0, 0.1) is 6.42 Å². The molecule has 15 heavy (non-hydrogen) atoms. The van der Waals surface area contributed by atoms with E-state index in [4.69, 9.17) is 5.73 Å². The second kappa shape index (κ2) is 4.29. The van der Waals surface area contributed by atoms with Crippen molar-refractivity contribution in [2.45, 2.75) is 12.6 Å². The van der Waals surface area contributed by atoms with Crippen molar-refractivity contribution in [3.63, 3.8) is 0 Å². The van der Waals surface area contributed by atoms with Crippen molar-refractivity contribution in [3.05, 3.63) is 36.0 Å². The number of hydrogen-bond donors (Lipinski definition) is 1. The molecule has 0 aliphatic carbocycles. The van der Waals surface area contributed by atoms with E-state index in [1.54, 1.807) is 0 Å². The molecule has 0 bridgehead atoms. The first-order chi connectivity index (χ1) is 6.89. The molecule has 0 aliphatic heterocycles. The number of rotatable bonds is 3. The first kappa shape index (κ1) is 11.5. The van der Waals surface area contributed by atoms with Crippen molar-refractivity contribution in [1.29, 1.82) is 0 Å². The number of pyridine rings is 1. The number of alkyl halides is 3. The molecule has 0 saturated carbocycles. The van der Waals surface area contributed by atoms with E-state index in [1.165, 1.54) is 12.5 Å². The van der Waals surface area contributed by atoms with E-state index in [0.717, 1.165) is 12.3 Å². The first-order valence-corrected chi connectivity index (χ1v) is 4.04. The molecule has 2 N–H and O–H groups in total. The number of primary amides is 1. The van der Waals surface area contributed by atoms with Crippen LogP contribution in [0.5, 0.6) is 0 Å². The van der Waals surface area contributed by atoms with Gasteiger partial charge in [0.05, 0.1) is 0 Å². The molecular weight excluding hydrogens is 209 g/mol. The fraction of sp³-hybridized carbons (Fsp3) is 0.222. The highest BCUT2D eigenvalue weighted by atomic mass is 19.4. The molecule has 3 nitrogen and oxygen atoms in total. The van der Waals surface area contributed by atoms with E-state index in [9.17, 15) is 18.0 Å². The van der Waals surface area contributed by atoms with Crippen LogP contribution in [0.25, 0.3) is 0 Å². The molecule has 0 aromatic carbocycles. The summed E-state index contributed by atoms with van der Waals surface area (Å²) < 4.78 is 36.3. The Morgan fingerprint density at radius 2 is 2.13 bits per heavy atom. The maximum absolute atomic E-state index is 12.1. The van der Waals surface area contributed by atoms with E-state index < -0.39 is 17.8 Å². The van der Waals surface area contributed by atoms with Gasteiger partial charge in [-0.15, -0.1) is 0 Å². The third kappa shape index (κ3) is 3.57. The van der Waals surface area contributed by atoms with Crippen LogP contribution < -0.4 is 5.73 Å². The van der Waals surface area contributed by atoms with Crippen molar-refractivity contribution in [2.24, 2.45) is 5.73 Å². The lowest BCUT2D eigenvalue weighted by Gasteiger charge is -2.05. The number of carbonyl (C=O) groups is 1. The average Bonchev–Trinajstić information content (AvgIpc) is 2.14. The lowest BCUT2D eigenvalue weighted by Crippen LogP contribution is -2.11. The number of aromatic nitrogens is 1. The molecule has 1 rings (SSSR count). The Morgan fingerprint density at radius 3 is 2.53 bits per heavy atom. The Kier molecular flexibility index (Phi) is 3.28. The molecular formula is C9H8F3N2O. The van der Waals surface area contributed by atoms with Crippen LogP contribution in [0.15, 0.2) is 18.3 Å². The summed E-state index contributed by atoms with van der Waals surface area (Å²) in [5.74, 6) is -0.546. The zero-order valence-electron chi connectivity index (χ0n) is 7.58. The van der Waals surface area contributed by atoms with Gasteiger partial charge < -0.3 is 5.73 Å². The van der Waals surface area contributed by atoms with Crippen LogP contribution in [0.4, 0.5) is 13.2 Å². The molecule has 1 amide bonds. The van der Waals surface area contributed by atoms with Crippen molar-refractivity contribution in [2.75, 3.05) is 0 Å². The van der Waals surface area contributed by atoms with Gasteiger partial charge >= 0.3 is 6.18 Å². The largest absolute Gasteiger partial charge is 0.433 e. The van der Waals surface area contributed by atoms with Gasteiger partial charge in [0.15, 0.2) is 0 Å². The van der Waals surface area contributed by atoms with E-state index in [0.29, 0.717) is 5.56 Å². The van der Waals surface area contributed by atoms with Crippen LogP contribution in [-0.2, 0) is 11.0 Å². The van der Waals surface area contributed by atoms with Gasteiger partial charge in [-0.05, 0) is 11.6 Å². The third-order valence-electron chi connectivity index (χ3n) is 1.62. The quantitative estimate of drug-likeness (QED) is 0.834. The predicted octanol–water partition coefficient (Wildman–Crippen LogP) is 1.53. The topological polar surface area (TPSA) is 56.0 Å². The van der Waals surface area contributed by atoms with E-state index in [1.807, 2.05) is 0 Å². The van der Waals surface area contributed by atoms with Gasteiger partial charge in [-0.25, -0.2) is 0 Å². The SMILES string of the molecule is NC(=O)C[CH]c1ccc(C(F)(F)F)nc1. The number of nitrogens with two attached hydrogens (primary N) is 1. The van der Waals surface area contributed by atoms with Gasteiger partial charge in [-0.2, -0.15) is 13.2 Å². The molecule has 0 spiro atoms. The summed E-state index contributed by atoms with van der Waals surface area (Å²) in [6, 6.07) is 2.09. The minimum atomic E-state index is -4.44. The summed E-state index contributed by atoms with van der Waals surface area (Å²) in [6.07, 6.45) is -2.00. The number of halogens is 3. The van der Waals surface area contributed by atoms with Crippen molar-refractivity contribution >= 4 is 5.91 Å². The molecule has 1 heterocycles. The fourth-order valence-electron chi connectivity index (χ4n) is 0.912. The zero-order valence-corrected chi connectivity index (χ0v) is 7.58. The van der Waals surface area contributed by atoms with E-state index in [2.05, 4.69) is 4.98 Å². The Bertz CT molecular complexity index is 345. The molecule has 0 atom stereocenters. The van der Waals surface area contributed by atoms with Gasteiger partial charge in [0.25, 0.3) is 0 Å². The number of hydrogen-bond acceptors (Lipinski definition) is 2. The summed E-state index contributed by atoms with van der Waals surface area (Å²) in [4.78, 5) is 13.6. The maximum atomic E-state index is 12.1. The van der Waals surface area contributed by atoms with Gasteiger partial charge in [0.1, 0.15) is 5.69 Å². The first-order valence-electron chi connectivity index (χ1n) is 4.04. The molecule has 0 saturated heterocycles. The standard InChI is InChI=1S/C9H8F3N2O/c10-9(11,12)7-3-1-6(5-14-7)2-4-8(13)15/h1-3,5H,4H2,(H2,13,15). The van der Waals surface area contributed by atoms with E-state index >= 15 is 0 Å². The number of nitrogens with zero attached hydrogens (tertiary/aromatic N) is 1. The predicted molar refractivity (Wildman–Crippen MR) is 46.5 cm³/mol. The van der Waals surface area contributed by atoms with Gasteiger partial charge in [-0.1, -0.05) is 6.07 Å². The molecule has 1 radical (unpaired) electrons. The summed E-state index contributed by atoms with van der Waals surface area (Å²) in [5, 5.41) is 0. The van der Waals surface area contributed by atoms with Crippen LogP contribution in [0.2, 0.25) is 0 Å². The van der Waals surface area contributed by atoms with Crippen molar-refractivity contribution in [1.82, 2.24) is 4.98 Å². The second-order valence-corrected chi connectivity index (χ2v) is 2.85. The number of carbonyl (C=O) groups excluding carboxylic acids is 1. The van der Waals surface area contributed by atoms with Gasteiger partial charge in [-0.3, -0.25) is 9.78 Å². The number of amides is 1. The molecule has 81 valence electrons. The Hall–Kier alpha value is -1.59. The van der Waals surface area contributed by atoms with Crippen LogP contribution in [-0.4, -0.2) is 10.9 Å². The molecule has 0 unspecified atom stereocenters. The summed E-state index contributed by atoms with van der Waals surface area (Å²) in [6.45, 7) is 0. The molecule has 1 aromatic heterocycles. The minimum absolute atomic E-state index is 0.0208. The normalized spacial score (nSPS) is 11.4. The lowest BCUT2D eigenvalue weighted by molar-refractivity contribution is -0.141. The van der Waals surface area contributed by atoms with Crippen LogP contribution in [0.1, 0.15) is 17.7 Å². The third-order valence-corrected chi connectivity index (χ3v) is 1.62. The molecule has 0 aliphatic rings. The average molecular weight is 217 g/mol. The Labute approximate surface area is 84.1 Å². The fourth-order valence-corrected chi connectivity index (χ4v) is 0.912. The van der Waals surface area contributed by atoms with Gasteiger partial charge in [0, 0.05) is 19.0 Å². The van der Waals surface area contributed by atoms with E-state index in [-0.39, 0.29) is 6.42 Å². The van der Waals surface area contributed by atoms with Crippen LogP contribution in [0.3, 0.4) is 0 Å². The lowest BCUT2D eigenvalue weighted by atomic mass is 10.1. The highest BCUT2D eigenvalue weighted by Crippen LogP contribution is 2.27. The monoisotopic (exact) mass is 217 g/mol. The summed E-state index contributed by atoms with van der Waals surface area (Å²) in [7, 11) is 0.